The molecule has 0 radical (unpaired) electrons. The van der Waals surface area contributed by atoms with Crippen LogP contribution in [-0.4, -0.2) is 50.0 Å². The van der Waals surface area contributed by atoms with Crippen LogP contribution in [0.25, 0.3) is 0 Å². The molecule has 1 aliphatic carbocycles. The number of halogens is 1. The average molecular weight is 596 g/mol. The number of aryl methyl sites for hydroxylation is 1. The fourth-order valence-corrected chi connectivity index (χ4v) is 6.30. The van der Waals surface area contributed by atoms with E-state index < -0.39 is 28.5 Å². The zero-order chi connectivity index (χ0) is 29.4. The number of anilines is 1. The summed E-state index contributed by atoms with van der Waals surface area (Å²) in [4.78, 5) is 29.7. The molecule has 1 N–H and O–H groups in total. The molecule has 1 atom stereocenters. The lowest BCUT2D eigenvalue weighted by atomic mass is 9.94. The number of hydrogen-bond donors (Lipinski definition) is 1. The second-order valence-electron chi connectivity index (χ2n) is 10.8. The van der Waals surface area contributed by atoms with Crippen molar-refractivity contribution in [3.05, 3.63) is 101 Å². The normalized spacial score (nSPS) is 14.7. The summed E-state index contributed by atoms with van der Waals surface area (Å²) >= 11 is 6.04. The van der Waals surface area contributed by atoms with E-state index in [9.17, 15) is 18.0 Å². The largest absolute Gasteiger partial charge is 0.352 e. The minimum absolute atomic E-state index is 0.0621. The number of carbonyl (C=O) groups is 2. The van der Waals surface area contributed by atoms with E-state index in [1.54, 1.807) is 24.3 Å². The van der Waals surface area contributed by atoms with E-state index >= 15 is 0 Å². The van der Waals surface area contributed by atoms with Gasteiger partial charge in [0.1, 0.15) is 12.6 Å². The van der Waals surface area contributed by atoms with Crippen LogP contribution < -0.4 is 9.62 Å². The second-order valence-corrected chi connectivity index (χ2v) is 13.1. The zero-order valence-corrected chi connectivity index (χ0v) is 25.2. The van der Waals surface area contributed by atoms with Gasteiger partial charge < -0.3 is 10.2 Å². The molecule has 4 rings (SSSR count). The first kappa shape index (κ1) is 30.6. The van der Waals surface area contributed by atoms with E-state index in [-0.39, 0.29) is 18.5 Å². The van der Waals surface area contributed by atoms with Crippen LogP contribution in [0, 0.1) is 6.92 Å². The third-order valence-electron chi connectivity index (χ3n) is 7.45. The van der Waals surface area contributed by atoms with E-state index in [0.29, 0.717) is 17.1 Å². The van der Waals surface area contributed by atoms with E-state index in [1.165, 1.54) is 4.90 Å². The maximum absolute atomic E-state index is 14.2. The molecule has 0 saturated heterocycles. The Bertz CT molecular complexity index is 1420. The van der Waals surface area contributed by atoms with Crippen molar-refractivity contribution >= 4 is 39.1 Å². The molecule has 218 valence electrons. The summed E-state index contributed by atoms with van der Waals surface area (Å²) in [5, 5.41) is 3.67. The Morgan fingerprint density at radius 2 is 1.59 bits per heavy atom. The molecule has 0 aliphatic heterocycles. The van der Waals surface area contributed by atoms with Crippen molar-refractivity contribution in [2.24, 2.45) is 0 Å². The molecule has 1 saturated carbocycles. The van der Waals surface area contributed by atoms with Gasteiger partial charge in [-0.05, 0) is 55.2 Å². The van der Waals surface area contributed by atoms with Gasteiger partial charge in [0.25, 0.3) is 0 Å². The predicted octanol–water partition coefficient (Wildman–Crippen LogP) is 5.50. The van der Waals surface area contributed by atoms with E-state index in [0.717, 1.165) is 59.4 Å². The molecule has 1 aliphatic rings. The van der Waals surface area contributed by atoms with Crippen molar-refractivity contribution in [1.29, 1.82) is 0 Å². The number of rotatable bonds is 11. The molecular weight excluding hydrogens is 558 g/mol. The Kier molecular flexibility index (Phi) is 10.5. The Morgan fingerprint density at radius 1 is 0.927 bits per heavy atom. The summed E-state index contributed by atoms with van der Waals surface area (Å²) in [5.41, 5.74) is 3.13. The molecule has 3 aromatic rings. The van der Waals surface area contributed by atoms with Gasteiger partial charge in [-0.1, -0.05) is 91.0 Å². The first-order valence-electron chi connectivity index (χ1n) is 14.0. The van der Waals surface area contributed by atoms with Gasteiger partial charge in [-0.15, -0.1) is 0 Å². The fourth-order valence-electron chi connectivity index (χ4n) is 5.33. The molecule has 2 amide bonds. The Morgan fingerprint density at radius 3 is 2.22 bits per heavy atom. The molecule has 0 heterocycles. The number of hydrogen-bond acceptors (Lipinski definition) is 4. The fraction of sp³-hybridized carbons (Fsp3) is 0.375. The maximum Gasteiger partial charge on any atom is 0.244 e. The van der Waals surface area contributed by atoms with Crippen molar-refractivity contribution in [3.8, 4) is 0 Å². The van der Waals surface area contributed by atoms with E-state index in [1.807, 2.05) is 61.5 Å². The minimum atomic E-state index is -3.82. The summed E-state index contributed by atoms with van der Waals surface area (Å²) in [6.07, 6.45) is 6.47. The van der Waals surface area contributed by atoms with E-state index in [4.69, 9.17) is 11.6 Å². The summed E-state index contributed by atoms with van der Waals surface area (Å²) in [6.45, 7) is 1.68. The van der Waals surface area contributed by atoms with Crippen molar-refractivity contribution in [3.63, 3.8) is 0 Å². The lowest BCUT2D eigenvalue weighted by Crippen LogP contribution is -2.55. The van der Waals surface area contributed by atoms with Gasteiger partial charge in [-0.2, -0.15) is 0 Å². The lowest BCUT2D eigenvalue weighted by molar-refractivity contribution is -0.140. The van der Waals surface area contributed by atoms with E-state index in [2.05, 4.69) is 5.32 Å². The molecule has 3 aromatic carbocycles. The van der Waals surface area contributed by atoms with Crippen LogP contribution in [0.4, 0.5) is 5.69 Å². The topological polar surface area (TPSA) is 86.8 Å². The van der Waals surface area contributed by atoms with Crippen molar-refractivity contribution < 1.29 is 18.0 Å². The molecule has 0 bridgehead atoms. The quantitative estimate of drug-likeness (QED) is 0.317. The highest BCUT2D eigenvalue weighted by Crippen LogP contribution is 2.23. The van der Waals surface area contributed by atoms with Crippen molar-refractivity contribution in [2.75, 3.05) is 17.1 Å². The van der Waals surface area contributed by atoms with Crippen molar-refractivity contribution in [1.82, 2.24) is 10.2 Å². The number of amides is 2. The number of nitrogens with zero attached hydrogens (tertiary/aromatic N) is 2. The highest BCUT2D eigenvalue weighted by Gasteiger charge is 2.34. The smallest absolute Gasteiger partial charge is 0.244 e. The number of carbonyl (C=O) groups excluding carboxylic acids is 2. The maximum atomic E-state index is 14.2. The molecule has 1 fully saturated rings. The van der Waals surface area contributed by atoms with Crippen LogP contribution in [0.15, 0.2) is 78.9 Å². The first-order valence-corrected chi connectivity index (χ1v) is 16.3. The zero-order valence-electron chi connectivity index (χ0n) is 23.6. The predicted molar refractivity (Wildman–Crippen MR) is 164 cm³/mol. The first-order chi connectivity index (χ1) is 19.6. The molecule has 0 spiro atoms. The van der Waals surface area contributed by atoms with Gasteiger partial charge in [0.15, 0.2) is 0 Å². The second kappa shape index (κ2) is 14.0. The number of nitrogens with one attached hydrogen (secondary N) is 1. The third-order valence-corrected chi connectivity index (χ3v) is 8.84. The molecule has 0 unspecified atom stereocenters. The Hall–Kier alpha value is -3.36. The van der Waals surface area contributed by atoms with Gasteiger partial charge in [0.2, 0.25) is 21.8 Å². The Labute approximate surface area is 248 Å². The molecule has 41 heavy (non-hydrogen) atoms. The number of benzene rings is 3. The third kappa shape index (κ3) is 8.81. The standard InChI is InChI=1S/C32H38ClN3O4S/c1-24-10-9-13-26(20-24)22-35(31(37)23-36(41(2,39)40)29-18-16-27(33)17-19-29)30(21-25-11-5-3-6-12-25)32(38)34-28-14-7-4-8-15-28/h3,5-6,9-13,16-20,28,30H,4,7-8,14-15,21-23H2,1-2H3,(H,34,38)/t30-/m0/s1. The van der Waals surface area contributed by atoms with Crippen LogP contribution >= 0.6 is 11.6 Å². The lowest BCUT2D eigenvalue weighted by Gasteiger charge is -2.35. The molecule has 9 heteroatoms. The molecule has 7 nitrogen and oxygen atoms in total. The van der Waals surface area contributed by atoms with Gasteiger partial charge in [-0.3, -0.25) is 13.9 Å². The summed E-state index contributed by atoms with van der Waals surface area (Å²) in [5.74, 6) is -0.689. The monoisotopic (exact) mass is 595 g/mol. The average Bonchev–Trinajstić information content (AvgIpc) is 2.94. The Balaban J connectivity index is 1.71. The highest BCUT2D eigenvalue weighted by molar-refractivity contribution is 7.92. The van der Waals surface area contributed by atoms with Crippen LogP contribution in [-0.2, 0) is 32.6 Å². The highest BCUT2D eigenvalue weighted by atomic mass is 35.5. The van der Waals surface area contributed by atoms with Gasteiger partial charge in [0.05, 0.1) is 11.9 Å². The summed E-state index contributed by atoms with van der Waals surface area (Å²) < 4.78 is 26.8. The summed E-state index contributed by atoms with van der Waals surface area (Å²) in [7, 11) is -3.82. The SMILES string of the molecule is Cc1cccc(CN(C(=O)CN(c2ccc(Cl)cc2)S(C)(=O)=O)[C@@H](Cc2ccccc2)C(=O)NC2CCCCC2)c1. The van der Waals surface area contributed by atoms with Gasteiger partial charge >= 0.3 is 0 Å². The molecular formula is C32H38ClN3O4S. The van der Waals surface area contributed by atoms with Crippen LogP contribution in [0.2, 0.25) is 5.02 Å². The summed E-state index contributed by atoms with van der Waals surface area (Å²) in [6, 6.07) is 22.9. The van der Waals surface area contributed by atoms with Crippen molar-refractivity contribution in [2.45, 2.75) is 64.1 Å². The minimum Gasteiger partial charge on any atom is -0.352 e. The van der Waals surface area contributed by atoms with Gasteiger partial charge in [0, 0.05) is 24.0 Å². The van der Waals surface area contributed by atoms with Crippen LogP contribution in [0.3, 0.4) is 0 Å². The number of sulfonamides is 1. The van der Waals surface area contributed by atoms with Gasteiger partial charge in [-0.25, -0.2) is 8.42 Å². The molecule has 0 aromatic heterocycles. The van der Waals surface area contributed by atoms with Crippen LogP contribution in [0.5, 0.6) is 0 Å². The van der Waals surface area contributed by atoms with Crippen LogP contribution in [0.1, 0.15) is 48.8 Å².